The SMILES string of the molecule is CCCC(=O)OCCNC(=S)N/N=C(\c1cccn1NC)N1C[C@H]2CC[C@@H](C1)O2. The summed E-state index contributed by atoms with van der Waals surface area (Å²) in [5, 5.41) is 8.00. The fraction of sp³-hybridized carbons (Fsp3) is 0.632. The van der Waals surface area contributed by atoms with Crippen LogP contribution >= 0.6 is 12.2 Å². The van der Waals surface area contributed by atoms with Gasteiger partial charge in [-0.25, -0.2) is 0 Å². The Balaban J connectivity index is 1.59. The van der Waals surface area contributed by atoms with Crippen LogP contribution in [0.5, 0.6) is 0 Å². The van der Waals surface area contributed by atoms with Gasteiger partial charge < -0.3 is 25.1 Å². The minimum absolute atomic E-state index is 0.191. The Morgan fingerprint density at radius 1 is 1.38 bits per heavy atom. The van der Waals surface area contributed by atoms with Crippen LogP contribution in [-0.2, 0) is 14.3 Å². The zero-order valence-corrected chi connectivity index (χ0v) is 17.8. The number of amidine groups is 1. The number of esters is 1. The van der Waals surface area contributed by atoms with Crippen LogP contribution in [0.4, 0.5) is 0 Å². The number of carbonyl (C=O) groups excluding carboxylic acids is 1. The maximum absolute atomic E-state index is 11.4. The van der Waals surface area contributed by atoms with Gasteiger partial charge in [0.25, 0.3) is 0 Å². The monoisotopic (exact) mass is 422 g/mol. The molecule has 9 nitrogen and oxygen atoms in total. The van der Waals surface area contributed by atoms with E-state index in [9.17, 15) is 4.79 Å². The van der Waals surface area contributed by atoms with Gasteiger partial charge in [-0.15, -0.1) is 0 Å². The molecular weight excluding hydrogens is 392 g/mol. The van der Waals surface area contributed by atoms with Gasteiger partial charge in [0, 0.05) is 32.8 Å². The van der Waals surface area contributed by atoms with Crippen molar-refractivity contribution in [2.45, 2.75) is 44.8 Å². The molecule has 160 valence electrons. The van der Waals surface area contributed by atoms with Gasteiger partial charge in [0.05, 0.1) is 18.8 Å². The molecule has 1 aromatic heterocycles. The molecule has 1 aromatic rings. The molecule has 2 aliphatic rings. The highest BCUT2D eigenvalue weighted by atomic mass is 32.1. The first-order chi connectivity index (χ1) is 14.1. The average Bonchev–Trinajstić information content (AvgIpc) is 3.31. The van der Waals surface area contributed by atoms with Crippen molar-refractivity contribution in [3.63, 3.8) is 0 Å². The fourth-order valence-corrected chi connectivity index (χ4v) is 3.73. The molecule has 2 aliphatic heterocycles. The minimum Gasteiger partial charge on any atom is -0.464 e. The number of hydrazone groups is 1. The van der Waals surface area contributed by atoms with Crippen LogP contribution in [0.25, 0.3) is 0 Å². The number of hydrogen-bond acceptors (Lipinski definition) is 6. The third kappa shape index (κ3) is 5.83. The standard InChI is InChI=1S/C19H30N6O3S/c1-3-5-17(26)27-11-9-21-19(29)23-22-18(16-6-4-10-25(16)20-2)24-12-14-7-8-15(13-24)28-14/h4,6,10,14-15,20H,3,5,7-9,11-13H2,1-2H3,(H2,21,23,29)/b22-18+/t14-,15+. The van der Waals surface area contributed by atoms with Crippen LogP contribution < -0.4 is 16.2 Å². The number of aromatic nitrogens is 1. The quantitative estimate of drug-likeness (QED) is 0.143. The average molecular weight is 423 g/mol. The molecule has 10 heteroatoms. The van der Waals surface area contributed by atoms with Crippen molar-refractivity contribution in [1.29, 1.82) is 0 Å². The first-order valence-electron chi connectivity index (χ1n) is 10.1. The molecule has 0 aliphatic carbocycles. The summed E-state index contributed by atoms with van der Waals surface area (Å²) in [7, 11) is 1.86. The Morgan fingerprint density at radius 3 is 2.83 bits per heavy atom. The predicted octanol–water partition coefficient (Wildman–Crippen LogP) is 0.994. The van der Waals surface area contributed by atoms with E-state index in [0.29, 0.717) is 18.1 Å². The summed E-state index contributed by atoms with van der Waals surface area (Å²) in [5.41, 5.74) is 7.01. The smallest absolute Gasteiger partial charge is 0.305 e. The lowest BCUT2D eigenvalue weighted by Gasteiger charge is -2.34. The molecule has 0 radical (unpaired) electrons. The Hall–Kier alpha value is -2.33. The van der Waals surface area contributed by atoms with E-state index in [2.05, 4.69) is 26.2 Å². The van der Waals surface area contributed by atoms with E-state index in [1.165, 1.54) is 0 Å². The van der Waals surface area contributed by atoms with Crippen LogP contribution in [0.15, 0.2) is 23.4 Å². The second kappa shape index (κ2) is 10.4. The number of nitrogens with zero attached hydrogens (tertiary/aromatic N) is 3. The van der Waals surface area contributed by atoms with Gasteiger partial charge >= 0.3 is 5.97 Å². The van der Waals surface area contributed by atoms with Crippen LogP contribution in [0, 0.1) is 0 Å². The Kier molecular flexibility index (Phi) is 7.70. The van der Waals surface area contributed by atoms with E-state index in [-0.39, 0.29) is 24.8 Å². The molecule has 2 atom stereocenters. The summed E-state index contributed by atoms with van der Waals surface area (Å²) in [4.78, 5) is 13.6. The predicted molar refractivity (Wildman–Crippen MR) is 115 cm³/mol. The molecular formula is C19H30N6O3S. The van der Waals surface area contributed by atoms with Gasteiger partial charge in [-0.3, -0.25) is 14.9 Å². The van der Waals surface area contributed by atoms with Crippen molar-refractivity contribution in [3.05, 3.63) is 24.0 Å². The van der Waals surface area contributed by atoms with E-state index >= 15 is 0 Å². The van der Waals surface area contributed by atoms with Gasteiger partial charge in [-0.1, -0.05) is 6.92 Å². The topological polar surface area (TPSA) is 92.2 Å². The third-order valence-corrected chi connectivity index (χ3v) is 5.17. The highest BCUT2D eigenvalue weighted by Crippen LogP contribution is 2.27. The Labute approximate surface area is 176 Å². The molecule has 3 heterocycles. The number of rotatable bonds is 8. The van der Waals surface area contributed by atoms with E-state index < -0.39 is 0 Å². The zero-order chi connectivity index (χ0) is 20.6. The van der Waals surface area contributed by atoms with Gasteiger partial charge in [-0.2, -0.15) is 5.10 Å². The summed E-state index contributed by atoms with van der Waals surface area (Å²) in [6.07, 6.45) is 5.84. The largest absolute Gasteiger partial charge is 0.464 e. The van der Waals surface area contributed by atoms with Crippen molar-refractivity contribution in [3.8, 4) is 0 Å². The molecule has 0 amide bonds. The number of ether oxygens (including phenoxy) is 2. The Morgan fingerprint density at radius 2 is 2.14 bits per heavy atom. The molecule has 29 heavy (non-hydrogen) atoms. The highest BCUT2D eigenvalue weighted by molar-refractivity contribution is 7.80. The number of morpholine rings is 1. The number of thiocarbonyl (C=S) groups is 1. The van der Waals surface area contributed by atoms with Crippen molar-refractivity contribution in [2.75, 3.05) is 38.7 Å². The molecule has 0 unspecified atom stereocenters. The van der Waals surface area contributed by atoms with Crippen LogP contribution in [-0.4, -0.2) is 72.0 Å². The van der Waals surface area contributed by atoms with E-state index in [1.54, 1.807) is 0 Å². The zero-order valence-electron chi connectivity index (χ0n) is 17.0. The normalized spacial score (nSPS) is 21.0. The number of fused-ring (bicyclic) bond motifs is 2. The fourth-order valence-electron chi connectivity index (χ4n) is 3.58. The molecule has 0 aromatic carbocycles. The second-order valence-electron chi connectivity index (χ2n) is 7.12. The molecule has 3 rings (SSSR count). The van der Waals surface area contributed by atoms with E-state index in [0.717, 1.165) is 43.9 Å². The summed E-state index contributed by atoms with van der Waals surface area (Å²) >= 11 is 5.32. The van der Waals surface area contributed by atoms with E-state index in [4.69, 9.17) is 21.7 Å². The first kappa shape index (κ1) is 21.4. The van der Waals surface area contributed by atoms with Crippen molar-refractivity contribution < 1.29 is 14.3 Å². The Bertz CT molecular complexity index is 725. The highest BCUT2D eigenvalue weighted by Gasteiger charge is 2.36. The summed E-state index contributed by atoms with van der Waals surface area (Å²) in [6, 6.07) is 3.98. The maximum Gasteiger partial charge on any atom is 0.305 e. The summed E-state index contributed by atoms with van der Waals surface area (Å²) < 4.78 is 13.0. The van der Waals surface area contributed by atoms with Gasteiger partial charge in [0.15, 0.2) is 10.9 Å². The van der Waals surface area contributed by atoms with E-state index in [1.807, 2.05) is 37.0 Å². The molecule has 3 N–H and O–H groups in total. The molecule has 0 saturated carbocycles. The first-order valence-corrected chi connectivity index (χ1v) is 10.5. The van der Waals surface area contributed by atoms with Crippen LogP contribution in [0.2, 0.25) is 0 Å². The number of hydrogen-bond donors (Lipinski definition) is 3. The number of nitrogens with one attached hydrogen (secondary N) is 3. The second-order valence-corrected chi connectivity index (χ2v) is 7.53. The van der Waals surface area contributed by atoms with Crippen LogP contribution in [0.1, 0.15) is 38.3 Å². The minimum atomic E-state index is -0.191. The van der Waals surface area contributed by atoms with Crippen molar-refractivity contribution >= 4 is 29.1 Å². The van der Waals surface area contributed by atoms with Crippen molar-refractivity contribution in [2.24, 2.45) is 5.10 Å². The lowest BCUT2D eigenvalue weighted by molar-refractivity contribution is -0.143. The van der Waals surface area contributed by atoms with Crippen LogP contribution in [0.3, 0.4) is 0 Å². The maximum atomic E-state index is 11.4. The third-order valence-electron chi connectivity index (χ3n) is 4.93. The van der Waals surface area contributed by atoms with Gasteiger partial charge in [0.2, 0.25) is 0 Å². The lowest BCUT2D eigenvalue weighted by Crippen LogP contribution is -2.48. The molecule has 2 bridgehead atoms. The molecule has 2 fully saturated rings. The number of likely N-dealkylation sites (tertiary alicyclic amines) is 1. The summed E-state index contributed by atoms with van der Waals surface area (Å²) in [6.45, 7) is 4.25. The number of carbonyl (C=O) groups is 1. The van der Waals surface area contributed by atoms with Gasteiger partial charge in [-0.05, 0) is 43.6 Å². The lowest BCUT2D eigenvalue weighted by atomic mass is 10.2. The van der Waals surface area contributed by atoms with Gasteiger partial charge in [0.1, 0.15) is 12.3 Å². The molecule has 2 saturated heterocycles. The summed E-state index contributed by atoms with van der Waals surface area (Å²) in [5.74, 6) is 0.617. The molecule has 0 spiro atoms. The van der Waals surface area contributed by atoms with Crippen molar-refractivity contribution in [1.82, 2.24) is 20.3 Å².